The van der Waals surface area contributed by atoms with E-state index >= 15 is 0 Å². The summed E-state index contributed by atoms with van der Waals surface area (Å²) >= 11 is 0. The van der Waals surface area contributed by atoms with E-state index in [9.17, 15) is 14.7 Å². The quantitative estimate of drug-likeness (QED) is 0.579. The molecule has 2 aromatic carbocycles. The van der Waals surface area contributed by atoms with Crippen molar-refractivity contribution in [3.05, 3.63) is 65.7 Å². The number of amides is 1. The molecule has 2 saturated heterocycles. The molecule has 1 aromatic heterocycles. The minimum atomic E-state index is -0.997. The van der Waals surface area contributed by atoms with Crippen LogP contribution < -0.4 is 10.2 Å². The lowest BCUT2D eigenvalue weighted by atomic mass is 9.99. The first-order valence-corrected chi connectivity index (χ1v) is 12.1. The third kappa shape index (κ3) is 4.75. The van der Waals surface area contributed by atoms with Crippen molar-refractivity contribution < 1.29 is 14.7 Å². The number of benzene rings is 2. The Hall–Kier alpha value is -3.45. The van der Waals surface area contributed by atoms with Gasteiger partial charge in [-0.3, -0.25) is 4.79 Å². The van der Waals surface area contributed by atoms with Crippen molar-refractivity contribution in [2.24, 2.45) is 0 Å². The zero-order chi connectivity index (χ0) is 23.5. The van der Waals surface area contributed by atoms with Crippen LogP contribution in [-0.2, 0) is 0 Å². The first kappa shape index (κ1) is 22.3. The van der Waals surface area contributed by atoms with Crippen molar-refractivity contribution in [3.63, 3.8) is 0 Å². The summed E-state index contributed by atoms with van der Waals surface area (Å²) in [4.78, 5) is 34.3. The van der Waals surface area contributed by atoms with E-state index in [-0.39, 0.29) is 11.5 Å². The van der Waals surface area contributed by atoms with Gasteiger partial charge in [-0.2, -0.15) is 0 Å². The van der Waals surface area contributed by atoms with Crippen LogP contribution in [-0.4, -0.2) is 59.1 Å². The summed E-state index contributed by atoms with van der Waals surface area (Å²) < 4.78 is 0. The number of nitrogens with zero attached hydrogens (tertiary/aromatic N) is 3. The fourth-order valence-electron chi connectivity index (χ4n) is 5.16. The zero-order valence-electron chi connectivity index (χ0n) is 19.2. The van der Waals surface area contributed by atoms with Crippen molar-refractivity contribution in [1.82, 2.24) is 9.88 Å². The number of likely N-dealkylation sites (tertiary alicyclic amines) is 1. The third-order valence-electron chi connectivity index (χ3n) is 7.01. The number of hydrogen-bond donors (Lipinski definition) is 2. The topological polar surface area (TPSA) is 85.8 Å². The van der Waals surface area contributed by atoms with Crippen LogP contribution >= 0.6 is 0 Å². The molecule has 0 bridgehead atoms. The number of piperidine rings is 2. The molecule has 0 saturated carbocycles. The predicted molar refractivity (Wildman–Crippen MR) is 134 cm³/mol. The molecule has 5 rings (SSSR count). The molecule has 34 heavy (non-hydrogen) atoms. The van der Waals surface area contributed by atoms with Crippen LogP contribution in [0.15, 0.2) is 54.6 Å². The van der Waals surface area contributed by atoms with Crippen molar-refractivity contribution in [2.45, 2.75) is 38.1 Å². The van der Waals surface area contributed by atoms with Crippen LogP contribution in [0.2, 0.25) is 0 Å². The maximum atomic E-state index is 12.5. The van der Waals surface area contributed by atoms with Crippen molar-refractivity contribution in [1.29, 1.82) is 0 Å². The number of pyridine rings is 1. The number of hydrogen-bond acceptors (Lipinski definition) is 5. The van der Waals surface area contributed by atoms with Gasteiger partial charge in [-0.15, -0.1) is 0 Å². The molecule has 2 N–H and O–H groups in total. The normalized spacial score (nSPS) is 17.6. The Morgan fingerprint density at radius 2 is 1.65 bits per heavy atom. The average Bonchev–Trinajstić information content (AvgIpc) is 2.89. The molecule has 3 aromatic rings. The number of rotatable bonds is 5. The van der Waals surface area contributed by atoms with E-state index in [1.807, 2.05) is 6.07 Å². The minimum absolute atomic E-state index is 0.203. The van der Waals surface area contributed by atoms with Crippen molar-refractivity contribution in [3.8, 4) is 0 Å². The molecule has 0 atom stereocenters. The van der Waals surface area contributed by atoms with Gasteiger partial charge in [0, 0.05) is 35.8 Å². The SMILES string of the molecule is O=C(Nc1ccc2nc(N3CCC(N4CCCCC4)CC3)cc(C(=O)O)c2c1)c1ccccc1. The molecule has 176 valence electrons. The summed E-state index contributed by atoms with van der Waals surface area (Å²) in [6.45, 7) is 4.16. The van der Waals surface area contributed by atoms with Crippen LogP contribution in [0.5, 0.6) is 0 Å². The number of anilines is 2. The fourth-order valence-corrected chi connectivity index (χ4v) is 5.16. The third-order valence-corrected chi connectivity index (χ3v) is 7.01. The molecule has 0 aliphatic carbocycles. The Morgan fingerprint density at radius 1 is 0.912 bits per heavy atom. The number of carbonyl (C=O) groups is 2. The number of carboxylic acid groups (broad SMARTS) is 1. The van der Waals surface area contributed by atoms with Gasteiger partial charge in [0.2, 0.25) is 0 Å². The Kier molecular flexibility index (Phi) is 6.45. The number of carboxylic acids is 1. The Balaban J connectivity index is 1.36. The maximum Gasteiger partial charge on any atom is 0.336 e. The summed E-state index contributed by atoms with van der Waals surface area (Å²) in [5.41, 5.74) is 1.91. The van der Waals surface area contributed by atoms with Gasteiger partial charge in [0.15, 0.2) is 0 Å². The van der Waals surface area contributed by atoms with E-state index in [1.54, 1.807) is 48.5 Å². The van der Waals surface area contributed by atoms with Gasteiger partial charge >= 0.3 is 5.97 Å². The van der Waals surface area contributed by atoms with E-state index in [2.05, 4.69) is 15.1 Å². The number of carbonyl (C=O) groups excluding carboxylic acids is 1. The second kappa shape index (κ2) is 9.81. The van der Waals surface area contributed by atoms with Crippen LogP contribution in [0.25, 0.3) is 10.9 Å². The van der Waals surface area contributed by atoms with Crippen molar-refractivity contribution in [2.75, 3.05) is 36.4 Å². The van der Waals surface area contributed by atoms with E-state index in [0.29, 0.717) is 34.0 Å². The minimum Gasteiger partial charge on any atom is -0.478 e. The second-order valence-corrected chi connectivity index (χ2v) is 9.20. The summed E-state index contributed by atoms with van der Waals surface area (Å²) in [6.07, 6.45) is 6.08. The highest BCUT2D eigenvalue weighted by Crippen LogP contribution is 2.29. The first-order chi connectivity index (χ1) is 16.6. The van der Waals surface area contributed by atoms with Gasteiger partial charge in [0.05, 0.1) is 11.1 Å². The van der Waals surface area contributed by atoms with E-state index < -0.39 is 5.97 Å². The smallest absolute Gasteiger partial charge is 0.336 e. The van der Waals surface area contributed by atoms with Gasteiger partial charge in [0.25, 0.3) is 5.91 Å². The fraction of sp³-hybridized carbons (Fsp3) is 0.370. The van der Waals surface area contributed by atoms with Gasteiger partial charge < -0.3 is 20.2 Å². The Labute approximate surface area is 199 Å². The monoisotopic (exact) mass is 458 g/mol. The lowest BCUT2D eigenvalue weighted by Gasteiger charge is -2.40. The van der Waals surface area contributed by atoms with Gasteiger partial charge in [-0.05, 0) is 75.2 Å². The van der Waals surface area contributed by atoms with Gasteiger partial charge in [-0.1, -0.05) is 24.6 Å². The van der Waals surface area contributed by atoms with Crippen molar-refractivity contribution >= 4 is 34.3 Å². The van der Waals surface area contributed by atoms with E-state index in [0.717, 1.165) is 25.9 Å². The zero-order valence-corrected chi connectivity index (χ0v) is 19.2. The van der Waals surface area contributed by atoms with Crippen LogP contribution in [0, 0.1) is 0 Å². The summed E-state index contributed by atoms with van der Waals surface area (Å²) in [7, 11) is 0. The molecule has 2 fully saturated rings. The molecular weight excluding hydrogens is 428 g/mol. The van der Waals surface area contributed by atoms with Crippen LogP contribution in [0.1, 0.15) is 52.8 Å². The first-order valence-electron chi connectivity index (χ1n) is 12.1. The highest BCUT2D eigenvalue weighted by molar-refractivity contribution is 6.08. The summed E-state index contributed by atoms with van der Waals surface area (Å²) in [5, 5.41) is 13.3. The highest BCUT2D eigenvalue weighted by atomic mass is 16.4. The summed E-state index contributed by atoms with van der Waals surface area (Å²) in [5.74, 6) is -0.524. The molecule has 2 aliphatic heterocycles. The average molecular weight is 459 g/mol. The molecule has 3 heterocycles. The van der Waals surface area contributed by atoms with E-state index in [4.69, 9.17) is 4.98 Å². The number of fused-ring (bicyclic) bond motifs is 1. The van der Waals surface area contributed by atoms with E-state index in [1.165, 1.54) is 32.4 Å². The lowest BCUT2D eigenvalue weighted by molar-refractivity contribution is 0.0698. The second-order valence-electron chi connectivity index (χ2n) is 9.20. The number of aromatic nitrogens is 1. The Bertz CT molecular complexity index is 1180. The van der Waals surface area contributed by atoms with Crippen LogP contribution in [0.4, 0.5) is 11.5 Å². The van der Waals surface area contributed by atoms with Gasteiger partial charge in [-0.25, -0.2) is 9.78 Å². The lowest BCUT2D eigenvalue weighted by Crippen LogP contribution is -2.47. The molecule has 7 heteroatoms. The standard InChI is InChI=1S/C27H30N4O3/c32-26(19-7-3-1-4-8-19)28-20-9-10-24-22(17-20)23(27(33)34)18-25(29-24)31-15-11-21(12-16-31)30-13-5-2-6-14-30/h1,3-4,7-10,17-18,21H,2,5-6,11-16H2,(H,28,32)(H,33,34). The molecule has 0 spiro atoms. The number of nitrogens with one attached hydrogen (secondary N) is 1. The van der Waals surface area contributed by atoms with Crippen LogP contribution in [0.3, 0.4) is 0 Å². The molecule has 1 amide bonds. The molecule has 7 nitrogen and oxygen atoms in total. The molecule has 2 aliphatic rings. The highest BCUT2D eigenvalue weighted by Gasteiger charge is 2.27. The predicted octanol–water partition coefficient (Wildman–Crippen LogP) is 4.64. The Morgan fingerprint density at radius 3 is 2.35 bits per heavy atom. The van der Waals surface area contributed by atoms with Gasteiger partial charge in [0.1, 0.15) is 5.82 Å². The maximum absolute atomic E-state index is 12.5. The molecule has 0 radical (unpaired) electrons. The largest absolute Gasteiger partial charge is 0.478 e. The molecule has 0 unspecified atom stereocenters. The number of aromatic carboxylic acids is 1. The summed E-state index contributed by atoms with van der Waals surface area (Å²) in [6, 6.07) is 16.5. The molecular formula is C27H30N4O3.